The van der Waals surface area contributed by atoms with Crippen LogP contribution in [-0.4, -0.2) is 12.1 Å². The van der Waals surface area contributed by atoms with Crippen molar-refractivity contribution in [1.29, 1.82) is 0 Å². The second-order valence-corrected chi connectivity index (χ2v) is 7.24. The van der Waals surface area contributed by atoms with Crippen LogP contribution in [0.5, 0.6) is 0 Å². The fourth-order valence-corrected chi connectivity index (χ4v) is 1.84. The molecule has 106 valence electrons. The summed E-state index contributed by atoms with van der Waals surface area (Å²) in [6.07, 6.45) is 5.51. The van der Waals surface area contributed by atoms with Gasteiger partial charge in [0.1, 0.15) is 0 Å². The Bertz CT molecular complexity index is 399. The van der Waals surface area contributed by atoms with Crippen molar-refractivity contribution in [1.82, 2.24) is 5.32 Å². The highest BCUT2D eigenvalue weighted by Crippen LogP contribution is 2.22. The highest BCUT2D eigenvalue weighted by Gasteiger charge is 2.12. The van der Waals surface area contributed by atoms with Gasteiger partial charge in [0.15, 0.2) is 0 Å². The van der Waals surface area contributed by atoms with Gasteiger partial charge in [-0.25, -0.2) is 0 Å². The standard InChI is InChI=1S/C18H29N/c1-17(2,3)16-12-10-15(11-13-16)9-7-8-14-19-18(4,5)6/h7,9-13,19H,8,14H2,1-6H3. The molecule has 0 heterocycles. The molecule has 0 bridgehead atoms. The Hall–Kier alpha value is -1.08. The molecule has 1 N–H and O–H groups in total. The number of nitrogens with one attached hydrogen (secondary N) is 1. The Balaban J connectivity index is 2.45. The Morgan fingerprint density at radius 1 is 0.947 bits per heavy atom. The van der Waals surface area contributed by atoms with Crippen LogP contribution in [0, 0.1) is 0 Å². The van der Waals surface area contributed by atoms with E-state index in [0.717, 1.165) is 13.0 Å². The van der Waals surface area contributed by atoms with Gasteiger partial charge in [0.2, 0.25) is 0 Å². The van der Waals surface area contributed by atoms with E-state index < -0.39 is 0 Å². The van der Waals surface area contributed by atoms with Gasteiger partial charge in [0.25, 0.3) is 0 Å². The Kier molecular flexibility index (Phi) is 5.37. The molecule has 0 aliphatic carbocycles. The number of hydrogen-bond donors (Lipinski definition) is 1. The zero-order valence-electron chi connectivity index (χ0n) is 13.4. The highest BCUT2D eigenvalue weighted by molar-refractivity contribution is 5.50. The first-order chi connectivity index (χ1) is 8.68. The third kappa shape index (κ3) is 6.58. The highest BCUT2D eigenvalue weighted by atomic mass is 14.9. The molecule has 1 aromatic carbocycles. The molecule has 0 saturated heterocycles. The van der Waals surface area contributed by atoms with Crippen molar-refractivity contribution in [3.8, 4) is 0 Å². The molecule has 19 heavy (non-hydrogen) atoms. The molecule has 0 unspecified atom stereocenters. The molecule has 1 nitrogen and oxygen atoms in total. The van der Waals surface area contributed by atoms with Crippen LogP contribution in [0.1, 0.15) is 59.1 Å². The first-order valence-electron chi connectivity index (χ1n) is 7.21. The maximum absolute atomic E-state index is 3.49. The first-order valence-corrected chi connectivity index (χ1v) is 7.21. The molecule has 1 aromatic rings. The van der Waals surface area contributed by atoms with E-state index in [0.29, 0.717) is 0 Å². The molecule has 0 radical (unpaired) electrons. The molecule has 0 fully saturated rings. The van der Waals surface area contributed by atoms with Gasteiger partial charge in [-0.05, 0) is 50.3 Å². The fourth-order valence-electron chi connectivity index (χ4n) is 1.84. The van der Waals surface area contributed by atoms with Gasteiger partial charge in [-0.3, -0.25) is 0 Å². The minimum absolute atomic E-state index is 0.211. The SMILES string of the molecule is CC(C)(C)NCCC=Cc1ccc(C(C)(C)C)cc1. The van der Waals surface area contributed by atoms with Crippen LogP contribution in [0.25, 0.3) is 6.08 Å². The molecule has 1 heteroatoms. The average Bonchev–Trinajstić information content (AvgIpc) is 2.26. The van der Waals surface area contributed by atoms with Crippen LogP contribution in [0.15, 0.2) is 30.3 Å². The summed E-state index contributed by atoms with van der Waals surface area (Å²) in [5, 5.41) is 3.49. The summed E-state index contributed by atoms with van der Waals surface area (Å²) in [6.45, 7) is 14.4. The van der Waals surface area contributed by atoms with Gasteiger partial charge in [-0.1, -0.05) is 57.2 Å². The summed E-state index contributed by atoms with van der Waals surface area (Å²) in [6, 6.07) is 8.86. The summed E-state index contributed by atoms with van der Waals surface area (Å²) in [4.78, 5) is 0. The van der Waals surface area contributed by atoms with E-state index in [9.17, 15) is 0 Å². The predicted octanol–water partition coefficient (Wildman–Crippen LogP) is 4.78. The van der Waals surface area contributed by atoms with Gasteiger partial charge in [-0.15, -0.1) is 0 Å². The van der Waals surface area contributed by atoms with Gasteiger partial charge in [0.05, 0.1) is 0 Å². The molecular formula is C18H29N. The Labute approximate surface area is 119 Å². The lowest BCUT2D eigenvalue weighted by molar-refractivity contribution is 0.431. The quantitative estimate of drug-likeness (QED) is 0.768. The molecule has 0 aliphatic rings. The van der Waals surface area contributed by atoms with Crippen molar-refractivity contribution in [3.63, 3.8) is 0 Å². The van der Waals surface area contributed by atoms with Gasteiger partial charge in [-0.2, -0.15) is 0 Å². The number of rotatable bonds is 4. The summed E-state index contributed by atoms with van der Waals surface area (Å²) in [5.74, 6) is 0. The number of hydrogen-bond acceptors (Lipinski definition) is 1. The summed E-state index contributed by atoms with van der Waals surface area (Å²) in [7, 11) is 0. The van der Waals surface area contributed by atoms with Crippen molar-refractivity contribution >= 4 is 6.08 Å². The molecule has 0 aromatic heterocycles. The van der Waals surface area contributed by atoms with Gasteiger partial charge in [0, 0.05) is 5.54 Å². The van der Waals surface area contributed by atoms with Crippen LogP contribution in [0.2, 0.25) is 0 Å². The predicted molar refractivity (Wildman–Crippen MR) is 86.5 cm³/mol. The van der Waals surface area contributed by atoms with Crippen molar-refractivity contribution in [3.05, 3.63) is 41.5 Å². The van der Waals surface area contributed by atoms with Crippen molar-refractivity contribution < 1.29 is 0 Å². The maximum Gasteiger partial charge on any atom is 0.00966 e. The lowest BCUT2D eigenvalue weighted by Gasteiger charge is -2.19. The summed E-state index contributed by atoms with van der Waals surface area (Å²) >= 11 is 0. The van der Waals surface area contributed by atoms with Crippen molar-refractivity contribution in [2.45, 2.75) is 58.9 Å². The molecule has 0 atom stereocenters. The molecular weight excluding hydrogens is 230 g/mol. The minimum atomic E-state index is 0.211. The molecule has 1 rings (SSSR count). The minimum Gasteiger partial charge on any atom is -0.312 e. The second-order valence-electron chi connectivity index (χ2n) is 7.24. The van der Waals surface area contributed by atoms with E-state index in [1.807, 2.05) is 0 Å². The molecule has 0 saturated carbocycles. The maximum atomic E-state index is 3.49. The summed E-state index contributed by atoms with van der Waals surface area (Å²) < 4.78 is 0. The van der Waals surface area contributed by atoms with Crippen molar-refractivity contribution in [2.75, 3.05) is 6.54 Å². The smallest absolute Gasteiger partial charge is 0.00966 e. The van der Waals surface area contributed by atoms with Crippen LogP contribution >= 0.6 is 0 Å². The topological polar surface area (TPSA) is 12.0 Å². The van der Waals surface area contributed by atoms with Gasteiger partial charge < -0.3 is 5.32 Å². The fraction of sp³-hybridized carbons (Fsp3) is 0.556. The van der Waals surface area contributed by atoms with Crippen LogP contribution in [-0.2, 0) is 5.41 Å². The largest absolute Gasteiger partial charge is 0.312 e. The molecule has 0 amide bonds. The van der Waals surface area contributed by atoms with E-state index >= 15 is 0 Å². The normalized spacial score (nSPS) is 13.2. The van der Waals surface area contributed by atoms with E-state index in [1.165, 1.54) is 11.1 Å². The second kappa shape index (κ2) is 6.38. The van der Waals surface area contributed by atoms with Gasteiger partial charge >= 0.3 is 0 Å². The third-order valence-electron chi connectivity index (χ3n) is 3.05. The number of benzene rings is 1. The van der Waals surface area contributed by atoms with E-state index in [4.69, 9.17) is 0 Å². The Morgan fingerprint density at radius 3 is 2.00 bits per heavy atom. The lowest BCUT2D eigenvalue weighted by Crippen LogP contribution is -2.36. The van der Waals surface area contributed by atoms with E-state index in [1.54, 1.807) is 0 Å². The zero-order chi connectivity index (χ0) is 14.5. The zero-order valence-corrected chi connectivity index (χ0v) is 13.4. The monoisotopic (exact) mass is 259 g/mol. The molecule has 0 aliphatic heterocycles. The van der Waals surface area contributed by atoms with Crippen molar-refractivity contribution in [2.24, 2.45) is 0 Å². The van der Waals surface area contributed by atoms with Crippen LogP contribution < -0.4 is 5.32 Å². The van der Waals surface area contributed by atoms with Crippen LogP contribution in [0.3, 0.4) is 0 Å². The third-order valence-corrected chi connectivity index (χ3v) is 3.05. The van der Waals surface area contributed by atoms with Crippen LogP contribution in [0.4, 0.5) is 0 Å². The average molecular weight is 259 g/mol. The van der Waals surface area contributed by atoms with E-state index in [-0.39, 0.29) is 11.0 Å². The lowest BCUT2D eigenvalue weighted by atomic mass is 9.87. The Morgan fingerprint density at radius 2 is 1.53 bits per heavy atom. The summed E-state index contributed by atoms with van der Waals surface area (Å²) in [5.41, 5.74) is 3.11. The van der Waals surface area contributed by atoms with E-state index in [2.05, 4.69) is 83.3 Å². The first kappa shape index (κ1) is 16.0. The molecule has 0 spiro atoms.